The first-order chi connectivity index (χ1) is 6.11. The number of aliphatic hydroxyl groups excluding tert-OH is 1. The van der Waals surface area contributed by atoms with Gasteiger partial charge in [0.1, 0.15) is 0 Å². The van der Waals surface area contributed by atoms with Crippen LogP contribution in [0, 0.1) is 0 Å². The van der Waals surface area contributed by atoms with Crippen LogP contribution in [0.15, 0.2) is 18.3 Å². The standard InChI is InChI=1S/C7H8ClNO.Cu.2HI/c1-5(10)7-3-2-6(8)4-9-7;;;/h2-5,10H,1H3;;2*1H/q;+2;;/p-2. The molecule has 1 rings (SSSR count). The fourth-order valence-corrected chi connectivity index (χ4v) is 0.746. The molecule has 0 saturated heterocycles. The number of aromatic nitrogens is 1. The Morgan fingerprint density at radius 3 is 2.38 bits per heavy atom. The van der Waals surface area contributed by atoms with Gasteiger partial charge in [0, 0.05) is 6.20 Å². The molecule has 0 bridgehead atoms. The van der Waals surface area contributed by atoms with E-state index in [1.165, 1.54) is 6.20 Å². The van der Waals surface area contributed by atoms with Crippen molar-refractivity contribution in [2.24, 2.45) is 0 Å². The molecule has 0 aromatic carbocycles. The Balaban J connectivity index is 0.000000424. The average Bonchev–Trinajstić information content (AvgIpc) is 2.06. The number of halogens is 3. The van der Waals surface area contributed by atoms with Gasteiger partial charge in [-0.25, -0.2) is 0 Å². The fraction of sp³-hybridized carbons (Fsp3) is 0.286. The van der Waals surface area contributed by atoms with E-state index in [-0.39, 0.29) is 0 Å². The van der Waals surface area contributed by atoms with Crippen molar-refractivity contribution in [3.8, 4) is 0 Å². The average molecular weight is 475 g/mol. The SMILES string of the molecule is CC(O)c1ccc(Cl)cn1.[I][Cu][I]. The van der Waals surface area contributed by atoms with E-state index in [9.17, 15) is 0 Å². The molecule has 13 heavy (non-hydrogen) atoms. The molecule has 1 unspecified atom stereocenters. The number of aliphatic hydroxyl groups is 1. The van der Waals surface area contributed by atoms with Crippen molar-refractivity contribution >= 4 is 52.3 Å². The summed E-state index contributed by atoms with van der Waals surface area (Å²) in [6, 6.07) is 3.41. The maximum atomic E-state index is 9.01. The minimum absolute atomic E-state index is 0.516. The molecule has 0 radical (unpaired) electrons. The summed E-state index contributed by atoms with van der Waals surface area (Å²) >= 11 is 9.93. The summed E-state index contributed by atoms with van der Waals surface area (Å²) in [5, 5.41) is 9.60. The maximum absolute atomic E-state index is 9.01. The molecule has 0 aliphatic heterocycles. The molecule has 0 aliphatic carbocycles. The van der Waals surface area contributed by atoms with Crippen LogP contribution in [0.25, 0.3) is 0 Å². The number of rotatable bonds is 1. The fourth-order valence-electron chi connectivity index (χ4n) is 0.634. The van der Waals surface area contributed by atoms with Gasteiger partial charge in [-0.1, -0.05) is 11.6 Å². The minimum atomic E-state index is -0.516. The van der Waals surface area contributed by atoms with Crippen LogP contribution >= 0.6 is 52.3 Å². The van der Waals surface area contributed by atoms with Gasteiger partial charge in [0.2, 0.25) is 0 Å². The van der Waals surface area contributed by atoms with Gasteiger partial charge in [-0.2, -0.15) is 0 Å². The van der Waals surface area contributed by atoms with E-state index >= 15 is 0 Å². The molecule has 79 valence electrons. The van der Waals surface area contributed by atoms with Gasteiger partial charge < -0.3 is 5.11 Å². The van der Waals surface area contributed by atoms with E-state index in [1.54, 1.807) is 27.5 Å². The molecule has 6 heteroatoms. The van der Waals surface area contributed by atoms with E-state index in [0.717, 1.165) is 0 Å². The molecular formula is C7H8ClCuI2NO. The number of hydrogen-bond acceptors (Lipinski definition) is 2. The number of hydrogen-bond donors (Lipinski definition) is 1. The Hall–Kier alpha value is 1.38. The zero-order valence-electron chi connectivity index (χ0n) is 6.64. The van der Waals surface area contributed by atoms with Crippen molar-refractivity contribution < 1.29 is 13.6 Å². The normalized spacial score (nSPS) is 11.8. The molecule has 0 fully saturated rings. The van der Waals surface area contributed by atoms with Gasteiger partial charge in [-0.15, -0.1) is 0 Å². The van der Waals surface area contributed by atoms with E-state index in [1.807, 2.05) is 0 Å². The summed E-state index contributed by atoms with van der Waals surface area (Å²) < 4.78 is 0. The number of nitrogens with zero attached hydrogens (tertiary/aromatic N) is 1. The third kappa shape index (κ3) is 7.32. The summed E-state index contributed by atoms with van der Waals surface area (Å²) in [4.78, 5) is 3.90. The molecule has 0 saturated carbocycles. The van der Waals surface area contributed by atoms with Crippen molar-refractivity contribution in [2.45, 2.75) is 13.0 Å². The Morgan fingerprint density at radius 2 is 2.08 bits per heavy atom. The summed E-state index contributed by atoms with van der Waals surface area (Å²) in [5.41, 5.74) is 0.643. The van der Waals surface area contributed by atoms with Gasteiger partial charge in [0.25, 0.3) is 0 Å². The van der Waals surface area contributed by atoms with Crippen LogP contribution in [0.3, 0.4) is 0 Å². The van der Waals surface area contributed by atoms with Crippen LogP contribution in [0.2, 0.25) is 5.02 Å². The second kappa shape index (κ2) is 8.67. The molecule has 1 heterocycles. The zero-order chi connectivity index (χ0) is 10.3. The van der Waals surface area contributed by atoms with Crippen LogP contribution in [-0.4, -0.2) is 10.1 Å². The quantitative estimate of drug-likeness (QED) is 0.499. The van der Waals surface area contributed by atoms with Crippen molar-refractivity contribution in [3.63, 3.8) is 0 Å². The van der Waals surface area contributed by atoms with Gasteiger partial charge in [-0.3, -0.25) is 4.98 Å². The molecular weight excluding hydrogens is 467 g/mol. The number of pyridine rings is 1. The Kier molecular flexibility index (Phi) is 9.59. The topological polar surface area (TPSA) is 33.1 Å². The summed E-state index contributed by atoms with van der Waals surface area (Å²) in [7, 11) is 1.75. The molecule has 1 aromatic rings. The van der Waals surface area contributed by atoms with Crippen molar-refractivity contribution in [3.05, 3.63) is 29.0 Å². The molecule has 1 N–H and O–H groups in total. The van der Waals surface area contributed by atoms with E-state index < -0.39 is 6.10 Å². The van der Waals surface area contributed by atoms with Crippen LogP contribution in [-0.2, 0) is 8.46 Å². The summed E-state index contributed by atoms with van der Waals surface area (Å²) in [6.07, 6.45) is 1.00. The molecule has 0 amide bonds. The van der Waals surface area contributed by atoms with Crippen molar-refractivity contribution in [1.82, 2.24) is 4.98 Å². The second-order valence-electron chi connectivity index (χ2n) is 2.12. The van der Waals surface area contributed by atoms with Crippen LogP contribution < -0.4 is 0 Å². The predicted molar refractivity (Wildman–Crippen MR) is 67.9 cm³/mol. The first kappa shape index (κ1) is 14.4. The third-order valence-corrected chi connectivity index (χ3v) is 1.40. The van der Waals surface area contributed by atoms with E-state index in [4.69, 9.17) is 16.7 Å². The molecule has 2 nitrogen and oxygen atoms in total. The van der Waals surface area contributed by atoms with Gasteiger partial charge in [0.05, 0.1) is 16.8 Å². The first-order valence-electron chi connectivity index (χ1n) is 3.22. The summed E-state index contributed by atoms with van der Waals surface area (Å²) in [6.45, 7) is 1.66. The third-order valence-electron chi connectivity index (χ3n) is 1.18. The van der Waals surface area contributed by atoms with Crippen LogP contribution in [0.1, 0.15) is 18.7 Å². The van der Waals surface area contributed by atoms with E-state index in [2.05, 4.69) is 45.7 Å². The monoisotopic (exact) mass is 474 g/mol. The Labute approximate surface area is 111 Å². The van der Waals surface area contributed by atoms with Crippen molar-refractivity contribution in [2.75, 3.05) is 0 Å². The van der Waals surface area contributed by atoms with E-state index in [0.29, 0.717) is 10.7 Å². The van der Waals surface area contributed by atoms with Gasteiger partial charge >= 0.3 is 49.1 Å². The Bertz CT molecular complexity index is 232. The first-order valence-corrected chi connectivity index (χ1v) is 9.68. The van der Waals surface area contributed by atoms with Gasteiger partial charge in [0.15, 0.2) is 0 Å². The van der Waals surface area contributed by atoms with Crippen LogP contribution in [0.4, 0.5) is 0 Å². The molecule has 0 spiro atoms. The zero-order valence-corrected chi connectivity index (χ0v) is 12.7. The second-order valence-corrected chi connectivity index (χ2v) is 10.5. The summed E-state index contributed by atoms with van der Waals surface area (Å²) in [5.74, 6) is 0. The molecule has 0 aliphatic rings. The predicted octanol–water partition coefficient (Wildman–Crippen LogP) is 3.56. The van der Waals surface area contributed by atoms with Crippen LogP contribution in [0.5, 0.6) is 0 Å². The van der Waals surface area contributed by atoms with Crippen molar-refractivity contribution in [1.29, 1.82) is 0 Å². The molecule has 1 atom stereocenters. The Morgan fingerprint density at radius 1 is 1.54 bits per heavy atom. The van der Waals surface area contributed by atoms with Gasteiger partial charge in [-0.05, 0) is 19.1 Å². The molecule has 1 aromatic heterocycles.